The molecule has 2 aromatic rings. The van der Waals surface area contributed by atoms with Crippen LogP contribution in [0.4, 0.5) is 0 Å². The van der Waals surface area contributed by atoms with Crippen molar-refractivity contribution < 1.29 is 0 Å². The van der Waals surface area contributed by atoms with Gasteiger partial charge < -0.3 is 5.32 Å². The lowest BCUT2D eigenvalue weighted by Gasteiger charge is -2.20. The minimum atomic E-state index is 0.206. The second-order valence-electron chi connectivity index (χ2n) is 4.31. The van der Waals surface area contributed by atoms with Gasteiger partial charge in [0.2, 0.25) is 0 Å². The van der Waals surface area contributed by atoms with Gasteiger partial charge in [-0.3, -0.25) is 4.98 Å². The molecule has 0 saturated heterocycles. The van der Waals surface area contributed by atoms with Gasteiger partial charge in [-0.1, -0.05) is 30.7 Å². The van der Waals surface area contributed by atoms with Gasteiger partial charge in [0.15, 0.2) is 0 Å². The smallest absolute Gasteiger partial charge is 0.0595 e. The molecule has 0 aliphatic carbocycles. The fourth-order valence-corrected chi connectivity index (χ4v) is 2.72. The van der Waals surface area contributed by atoms with E-state index >= 15 is 0 Å². The molecule has 19 heavy (non-hydrogen) atoms. The van der Waals surface area contributed by atoms with Crippen LogP contribution in [0.2, 0.25) is 5.02 Å². The number of halogens is 2. The lowest BCUT2D eigenvalue weighted by atomic mass is 9.99. The second-order valence-corrected chi connectivity index (χ2v) is 5.55. The Balaban J connectivity index is 2.27. The number of benzene rings is 1. The molecule has 0 radical (unpaired) electrons. The third-order valence-electron chi connectivity index (χ3n) is 3.00. The van der Waals surface area contributed by atoms with Crippen LogP contribution in [0.25, 0.3) is 0 Å². The molecule has 4 heteroatoms. The van der Waals surface area contributed by atoms with E-state index in [-0.39, 0.29) is 6.04 Å². The molecule has 1 aromatic carbocycles. The van der Waals surface area contributed by atoms with Crippen molar-refractivity contribution in [1.29, 1.82) is 0 Å². The lowest BCUT2D eigenvalue weighted by Crippen LogP contribution is -2.23. The second kappa shape index (κ2) is 7.04. The van der Waals surface area contributed by atoms with E-state index in [1.165, 1.54) is 5.56 Å². The lowest BCUT2D eigenvalue weighted by molar-refractivity contribution is 0.549. The van der Waals surface area contributed by atoms with Crippen molar-refractivity contribution in [2.45, 2.75) is 19.4 Å². The van der Waals surface area contributed by atoms with Crippen molar-refractivity contribution in [1.82, 2.24) is 10.3 Å². The fraction of sp³-hybridized carbons (Fsp3) is 0.267. The zero-order valence-electron chi connectivity index (χ0n) is 10.7. The zero-order valence-corrected chi connectivity index (χ0v) is 13.1. The summed E-state index contributed by atoms with van der Waals surface area (Å²) in [5.74, 6) is 0. The van der Waals surface area contributed by atoms with Gasteiger partial charge in [-0.15, -0.1) is 0 Å². The van der Waals surface area contributed by atoms with Crippen LogP contribution in [0, 0.1) is 0 Å². The minimum absolute atomic E-state index is 0.206. The van der Waals surface area contributed by atoms with Crippen molar-refractivity contribution in [2.75, 3.05) is 6.54 Å². The number of aromatic nitrogens is 1. The summed E-state index contributed by atoms with van der Waals surface area (Å²) in [5.41, 5.74) is 2.37. The van der Waals surface area contributed by atoms with E-state index in [0.29, 0.717) is 0 Å². The summed E-state index contributed by atoms with van der Waals surface area (Å²) in [6.45, 7) is 3.00. The van der Waals surface area contributed by atoms with Crippen LogP contribution < -0.4 is 5.32 Å². The topological polar surface area (TPSA) is 24.9 Å². The van der Waals surface area contributed by atoms with Gasteiger partial charge in [-0.05, 0) is 58.2 Å². The molecule has 2 nitrogen and oxygen atoms in total. The molecule has 0 amide bonds. The Morgan fingerprint density at radius 3 is 2.68 bits per heavy atom. The van der Waals surface area contributed by atoms with Gasteiger partial charge in [-0.2, -0.15) is 0 Å². The maximum absolute atomic E-state index is 6.39. The van der Waals surface area contributed by atoms with E-state index in [1.807, 2.05) is 36.7 Å². The monoisotopic (exact) mass is 338 g/mol. The summed E-state index contributed by atoms with van der Waals surface area (Å²) in [6.07, 6.45) is 4.54. The largest absolute Gasteiger partial charge is 0.310 e. The maximum Gasteiger partial charge on any atom is 0.0595 e. The Morgan fingerprint density at radius 1 is 1.26 bits per heavy atom. The van der Waals surface area contributed by atoms with Gasteiger partial charge in [0.1, 0.15) is 0 Å². The minimum Gasteiger partial charge on any atom is -0.310 e. The number of hydrogen-bond donors (Lipinski definition) is 1. The molecule has 1 unspecified atom stereocenters. The van der Waals surface area contributed by atoms with Crippen molar-refractivity contribution >= 4 is 27.5 Å². The summed E-state index contributed by atoms with van der Waals surface area (Å²) in [7, 11) is 0. The summed E-state index contributed by atoms with van der Waals surface area (Å²) in [5, 5.41) is 4.27. The predicted molar refractivity (Wildman–Crippen MR) is 83.5 cm³/mol. The first-order valence-corrected chi connectivity index (χ1v) is 7.45. The molecule has 0 fully saturated rings. The zero-order chi connectivity index (χ0) is 13.7. The van der Waals surface area contributed by atoms with Crippen LogP contribution in [0.5, 0.6) is 0 Å². The summed E-state index contributed by atoms with van der Waals surface area (Å²) in [4.78, 5) is 4.05. The van der Waals surface area contributed by atoms with Crippen molar-refractivity contribution in [3.63, 3.8) is 0 Å². The first kappa shape index (κ1) is 14.5. The molecule has 1 N–H and O–H groups in total. The van der Waals surface area contributed by atoms with Crippen LogP contribution in [0.3, 0.4) is 0 Å². The standard InChI is InChI=1S/C15H16BrClN2/c1-2-19-14(10-11-6-8-18-9-7-11)12-4-3-5-13(16)15(12)17/h3-9,14,19H,2,10H2,1H3. The first-order chi connectivity index (χ1) is 9.22. The Bertz CT molecular complexity index is 531. The van der Waals surface area contributed by atoms with Crippen LogP contribution in [-0.4, -0.2) is 11.5 Å². The van der Waals surface area contributed by atoms with Gasteiger partial charge in [0.25, 0.3) is 0 Å². The molecule has 1 heterocycles. The number of nitrogens with zero attached hydrogens (tertiary/aromatic N) is 1. The van der Waals surface area contributed by atoms with Crippen LogP contribution in [0.15, 0.2) is 47.2 Å². The van der Waals surface area contributed by atoms with Crippen LogP contribution >= 0.6 is 27.5 Å². The molecule has 1 atom stereocenters. The summed E-state index contributed by atoms with van der Waals surface area (Å²) < 4.78 is 0.935. The van der Waals surface area contributed by atoms with E-state index in [4.69, 9.17) is 11.6 Å². The molecule has 0 bridgehead atoms. The molecule has 100 valence electrons. The SMILES string of the molecule is CCNC(Cc1ccncc1)c1cccc(Br)c1Cl. The van der Waals surface area contributed by atoms with E-state index < -0.39 is 0 Å². The van der Waals surface area contributed by atoms with Gasteiger partial charge in [0, 0.05) is 22.9 Å². The molecule has 0 aliphatic heterocycles. The van der Waals surface area contributed by atoms with E-state index in [9.17, 15) is 0 Å². The molecule has 0 spiro atoms. The Kier molecular flexibility index (Phi) is 5.37. The van der Waals surface area contributed by atoms with Crippen molar-refractivity contribution in [2.24, 2.45) is 0 Å². The predicted octanol–water partition coefficient (Wildman–Crippen LogP) is 4.39. The average Bonchev–Trinajstić information content (AvgIpc) is 2.43. The number of likely N-dealkylation sites (N-methyl/N-ethyl adjacent to an activating group) is 1. The molecule has 2 rings (SSSR count). The number of pyridine rings is 1. The van der Waals surface area contributed by atoms with Crippen LogP contribution in [0.1, 0.15) is 24.1 Å². The Labute approximate surface area is 127 Å². The van der Waals surface area contributed by atoms with E-state index in [0.717, 1.165) is 28.0 Å². The molecule has 1 aromatic heterocycles. The molecule has 0 saturated carbocycles. The summed E-state index contributed by atoms with van der Waals surface area (Å²) in [6, 6.07) is 10.3. The number of rotatable bonds is 5. The highest BCUT2D eigenvalue weighted by Gasteiger charge is 2.15. The van der Waals surface area contributed by atoms with Gasteiger partial charge >= 0.3 is 0 Å². The maximum atomic E-state index is 6.39. The third kappa shape index (κ3) is 3.78. The Hall–Kier alpha value is -0.900. The van der Waals surface area contributed by atoms with Crippen LogP contribution in [-0.2, 0) is 6.42 Å². The molecular weight excluding hydrogens is 324 g/mol. The number of hydrogen-bond acceptors (Lipinski definition) is 2. The van der Waals surface area contributed by atoms with E-state index in [1.54, 1.807) is 0 Å². The quantitative estimate of drug-likeness (QED) is 0.874. The van der Waals surface area contributed by atoms with Gasteiger partial charge in [-0.25, -0.2) is 0 Å². The highest BCUT2D eigenvalue weighted by Crippen LogP contribution is 2.31. The van der Waals surface area contributed by atoms with Gasteiger partial charge in [0.05, 0.1) is 5.02 Å². The third-order valence-corrected chi connectivity index (χ3v) is 4.31. The Morgan fingerprint density at radius 2 is 2.00 bits per heavy atom. The van der Waals surface area contributed by atoms with E-state index in [2.05, 4.69) is 39.2 Å². The summed E-state index contributed by atoms with van der Waals surface area (Å²) >= 11 is 9.87. The number of nitrogens with one attached hydrogen (secondary N) is 1. The highest BCUT2D eigenvalue weighted by molar-refractivity contribution is 9.10. The first-order valence-electron chi connectivity index (χ1n) is 6.28. The fourth-order valence-electron chi connectivity index (χ4n) is 2.08. The molecule has 0 aliphatic rings. The van der Waals surface area contributed by atoms with Crippen molar-refractivity contribution in [3.05, 3.63) is 63.3 Å². The normalized spacial score (nSPS) is 12.4. The molecular formula is C15H16BrClN2. The highest BCUT2D eigenvalue weighted by atomic mass is 79.9. The average molecular weight is 340 g/mol. The van der Waals surface area contributed by atoms with Crippen molar-refractivity contribution in [3.8, 4) is 0 Å².